The molecule has 0 unspecified atom stereocenters. The highest BCUT2D eigenvalue weighted by Crippen LogP contribution is 2.10. The second-order valence-electron chi connectivity index (χ2n) is 5.15. The molecule has 1 nitrogen and oxygen atoms in total. The molecule has 0 aliphatic carbocycles. The van der Waals surface area contributed by atoms with Crippen molar-refractivity contribution in [1.82, 2.24) is 4.90 Å². The van der Waals surface area contributed by atoms with Gasteiger partial charge in [0.05, 0.1) is 0 Å². The van der Waals surface area contributed by atoms with Crippen LogP contribution in [0, 0.1) is 0 Å². The van der Waals surface area contributed by atoms with E-state index >= 15 is 0 Å². The third-order valence-corrected chi connectivity index (χ3v) is 3.49. The lowest BCUT2D eigenvalue weighted by Gasteiger charge is -2.22. The Kier molecular flexibility index (Phi) is 11.0. The van der Waals surface area contributed by atoms with E-state index in [9.17, 15) is 0 Å². The monoisotopic (exact) mass is 283 g/mol. The summed E-state index contributed by atoms with van der Waals surface area (Å²) in [6.07, 6.45) is 6.35. The first kappa shape index (κ1) is 18.5. The third-order valence-electron chi connectivity index (χ3n) is 3.49. The molecule has 0 amide bonds. The van der Waals surface area contributed by atoms with Crippen molar-refractivity contribution in [3.8, 4) is 0 Å². The zero-order valence-corrected chi connectivity index (χ0v) is 13.6. The van der Waals surface area contributed by atoms with Crippen molar-refractivity contribution in [2.24, 2.45) is 0 Å². The highest BCUT2D eigenvalue weighted by molar-refractivity contribution is 5.85. The Balaban J connectivity index is 0.00000324. The van der Waals surface area contributed by atoms with Crippen molar-refractivity contribution < 1.29 is 0 Å². The molecule has 0 saturated carbocycles. The summed E-state index contributed by atoms with van der Waals surface area (Å²) in [5.41, 5.74) is 2.90. The number of hydrogen-bond acceptors (Lipinski definition) is 1. The molecule has 0 fully saturated rings. The van der Waals surface area contributed by atoms with E-state index in [0.717, 1.165) is 13.0 Å². The average Bonchev–Trinajstić information content (AvgIpc) is 2.42. The fourth-order valence-electron chi connectivity index (χ4n) is 2.17. The van der Waals surface area contributed by atoms with Crippen molar-refractivity contribution >= 4 is 12.4 Å². The maximum atomic E-state index is 2.61. The molecule has 0 atom stereocenters. The van der Waals surface area contributed by atoms with Crippen LogP contribution in [0.4, 0.5) is 0 Å². The summed E-state index contributed by atoms with van der Waals surface area (Å²) < 4.78 is 0. The Morgan fingerprint density at radius 3 is 1.68 bits per heavy atom. The van der Waals surface area contributed by atoms with Crippen LogP contribution in [-0.4, -0.2) is 18.0 Å². The van der Waals surface area contributed by atoms with Crippen LogP contribution >= 0.6 is 12.4 Å². The second kappa shape index (κ2) is 11.3. The molecule has 0 bridgehead atoms. The van der Waals surface area contributed by atoms with Gasteiger partial charge in [-0.25, -0.2) is 0 Å². The van der Waals surface area contributed by atoms with E-state index in [2.05, 4.69) is 49.9 Å². The van der Waals surface area contributed by atoms with Gasteiger partial charge in [-0.1, -0.05) is 57.9 Å². The molecule has 1 aromatic carbocycles. The number of hydrogen-bond donors (Lipinski definition) is 0. The summed E-state index contributed by atoms with van der Waals surface area (Å²) in [7, 11) is 0. The van der Waals surface area contributed by atoms with E-state index in [4.69, 9.17) is 0 Å². The van der Waals surface area contributed by atoms with Crippen molar-refractivity contribution in [3.05, 3.63) is 35.4 Å². The zero-order valence-electron chi connectivity index (χ0n) is 12.8. The molecule has 0 aliphatic rings. The van der Waals surface area contributed by atoms with Gasteiger partial charge in [0.25, 0.3) is 0 Å². The Labute approximate surface area is 125 Å². The van der Waals surface area contributed by atoms with Crippen molar-refractivity contribution in [1.29, 1.82) is 0 Å². The van der Waals surface area contributed by atoms with Crippen LogP contribution in [0.1, 0.15) is 57.6 Å². The van der Waals surface area contributed by atoms with Crippen LogP contribution < -0.4 is 0 Å². The van der Waals surface area contributed by atoms with Gasteiger partial charge in [0.15, 0.2) is 0 Å². The first-order chi connectivity index (χ1) is 8.80. The highest BCUT2D eigenvalue weighted by atomic mass is 35.5. The number of benzene rings is 1. The molecule has 110 valence electrons. The second-order valence-corrected chi connectivity index (χ2v) is 5.15. The third kappa shape index (κ3) is 7.59. The maximum absolute atomic E-state index is 2.61. The van der Waals surface area contributed by atoms with Crippen LogP contribution in [0.3, 0.4) is 0 Å². The van der Waals surface area contributed by atoms with Gasteiger partial charge in [-0.2, -0.15) is 0 Å². The van der Waals surface area contributed by atoms with Crippen LogP contribution in [0.15, 0.2) is 24.3 Å². The van der Waals surface area contributed by atoms with Gasteiger partial charge >= 0.3 is 0 Å². The van der Waals surface area contributed by atoms with Crippen molar-refractivity contribution in [2.45, 2.75) is 59.4 Å². The average molecular weight is 284 g/mol. The zero-order chi connectivity index (χ0) is 13.2. The molecule has 2 heteroatoms. The SMILES string of the molecule is CCCCN(CCCC)Cc1ccc(CC)cc1.Cl. The lowest BCUT2D eigenvalue weighted by atomic mass is 10.1. The fraction of sp³-hybridized carbons (Fsp3) is 0.647. The van der Waals surface area contributed by atoms with Crippen LogP contribution in [0.5, 0.6) is 0 Å². The molecule has 0 aromatic heterocycles. The summed E-state index contributed by atoms with van der Waals surface area (Å²) >= 11 is 0. The molecular formula is C17H30ClN. The fourth-order valence-corrected chi connectivity index (χ4v) is 2.17. The minimum Gasteiger partial charge on any atom is -0.299 e. The largest absolute Gasteiger partial charge is 0.299 e. The Hall–Kier alpha value is -0.530. The predicted octanol–water partition coefficient (Wildman–Crippen LogP) is 5.07. The summed E-state index contributed by atoms with van der Waals surface area (Å²) in [4.78, 5) is 2.61. The normalized spacial score (nSPS) is 10.5. The van der Waals surface area contributed by atoms with Gasteiger partial charge in [0.1, 0.15) is 0 Å². The maximum Gasteiger partial charge on any atom is 0.0233 e. The number of nitrogens with zero attached hydrogens (tertiary/aromatic N) is 1. The van der Waals surface area contributed by atoms with Crippen LogP contribution in [0.25, 0.3) is 0 Å². The molecule has 1 rings (SSSR count). The van der Waals surface area contributed by atoms with Crippen molar-refractivity contribution in [3.63, 3.8) is 0 Å². The molecule has 0 N–H and O–H groups in total. The summed E-state index contributed by atoms with van der Waals surface area (Å²) in [5.74, 6) is 0. The Morgan fingerprint density at radius 1 is 0.789 bits per heavy atom. The smallest absolute Gasteiger partial charge is 0.0233 e. The van der Waals surface area contributed by atoms with E-state index in [0.29, 0.717) is 0 Å². The van der Waals surface area contributed by atoms with Gasteiger partial charge in [-0.05, 0) is 43.5 Å². The van der Waals surface area contributed by atoms with Gasteiger partial charge in [0, 0.05) is 6.54 Å². The summed E-state index contributed by atoms with van der Waals surface area (Å²) in [5, 5.41) is 0. The number of aryl methyl sites for hydroxylation is 1. The quantitative estimate of drug-likeness (QED) is 0.611. The van der Waals surface area contributed by atoms with Gasteiger partial charge in [0.2, 0.25) is 0 Å². The van der Waals surface area contributed by atoms with E-state index < -0.39 is 0 Å². The molecule has 0 radical (unpaired) electrons. The standard InChI is InChI=1S/C17H29N.ClH/c1-4-7-13-18(14-8-5-2)15-17-11-9-16(6-3)10-12-17;/h9-12H,4-8,13-15H2,1-3H3;1H. The summed E-state index contributed by atoms with van der Waals surface area (Å²) in [6.45, 7) is 10.4. The van der Waals surface area contributed by atoms with Gasteiger partial charge in [-0.15, -0.1) is 12.4 Å². The number of unbranched alkanes of at least 4 members (excludes halogenated alkanes) is 2. The topological polar surface area (TPSA) is 3.24 Å². The predicted molar refractivity (Wildman–Crippen MR) is 88.2 cm³/mol. The molecule has 0 heterocycles. The van der Waals surface area contributed by atoms with Crippen LogP contribution in [0.2, 0.25) is 0 Å². The van der Waals surface area contributed by atoms with E-state index in [1.165, 1.54) is 49.9 Å². The lowest BCUT2D eigenvalue weighted by Crippen LogP contribution is -2.25. The molecule has 0 aliphatic heterocycles. The Bertz CT molecular complexity index is 300. The molecule has 1 aromatic rings. The van der Waals surface area contributed by atoms with E-state index in [-0.39, 0.29) is 12.4 Å². The van der Waals surface area contributed by atoms with E-state index in [1.807, 2.05) is 0 Å². The molecular weight excluding hydrogens is 254 g/mol. The summed E-state index contributed by atoms with van der Waals surface area (Å²) in [6, 6.07) is 9.13. The Morgan fingerprint density at radius 2 is 1.26 bits per heavy atom. The minimum absolute atomic E-state index is 0. The first-order valence-electron chi connectivity index (χ1n) is 7.60. The molecule has 19 heavy (non-hydrogen) atoms. The highest BCUT2D eigenvalue weighted by Gasteiger charge is 2.04. The van der Waals surface area contributed by atoms with Gasteiger partial charge in [-0.3, -0.25) is 4.90 Å². The first-order valence-corrected chi connectivity index (χ1v) is 7.60. The lowest BCUT2D eigenvalue weighted by molar-refractivity contribution is 0.257. The van der Waals surface area contributed by atoms with Crippen molar-refractivity contribution in [2.75, 3.05) is 13.1 Å². The molecule has 0 saturated heterocycles. The number of halogens is 1. The van der Waals surface area contributed by atoms with E-state index in [1.54, 1.807) is 0 Å². The van der Waals surface area contributed by atoms with Gasteiger partial charge < -0.3 is 0 Å². The number of rotatable bonds is 9. The molecule has 0 spiro atoms. The van der Waals surface area contributed by atoms with Crippen LogP contribution in [-0.2, 0) is 13.0 Å². The minimum atomic E-state index is 0.